The molecule has 0 aromatic heterocycles. The zero-order chi connectivity index (χ0) is 12.2. The van der Waals surface area contributed by atoms with Crippen LogP contribution in [0.5, 0.6) is 0 Å². The van der Waals surface area contributed by atoms with Gasteiger partial charge in [-0.15, -0.1) is 0 Å². The first-order valence-corrected chi connectivity index (χ1v) is 5.48. The maximum Gasteiger partial charge on any atom is 0.0856 e. The molecule has 0 bridgehead atoms. The Labute approximate surface area is 97.2 Å². The fourth-order valence-corrected chi connectivity index (χ4v) is 1.62. The van der Waals surface area contributed by atoms with Crippen molar-refractivity contribution in [1.29, 1.82) is 0 Å². The van der Waals surface area contributed by atoms with Gasteiger partial charge >= 0.3 is 0 Å². The number of aliphatic hydroxyl groups excluding tert-OH is 1. The average Bonchev–Trinajstić information content (AvgIpc) is 2.29. The number of hydrogen-bond acceptors (Lipinski definition) is 3. The molecule has 0 aliphatic rings. The normalized spacial score (nSPS) is 13.8. The summed E-state index contributed by atoms with van der Waals surface area (Å²) in [7, 11) is 1.65. The fraction of sp³-hybridized carbons (Fsp3) is 0.538. The largest absolute Gasteiger partial charge is 0.388 e. The molecule has 3 N–H and O–H groups in total. The van der Waals surface area contributed by atoms with Crippen molar-refractivity contribution < 1.29 is 9.84 Å². The maximum atomic E-state index is 10.3. The van der Waals surface area contributed by atoms with E-state index < -0.39 is 6.10 Å². The van der Waals surface area contributed by atoms with Crippen LogP contribution in [-0.4, -0.2) is 18.8 Å². The summed E-state index contributed by atoms with van der Waals surface area (Å²) in [4.78, 5) is 0. The van der Waals surface area contributed by atoms with Gasteiger partial charge in [0.15, 0.2) is 0 Å². The van der Waals surface area contributed by atoms with Gasteiger partial charge in [-0.05, 0) is 11.1 Å². The van der Waals surface area contributed by atoms with Crippen LogP contribution >= 0.6 is 0 Å². The monoisotopic (exact) mass is 223 g/mol. The second kappa shape index (κ2) is 5.43. The van der Waals surface area contributed by atoms with Crippen LogP contribution in [0.2, 0.25) is 0 Å². The molecule has 1 rings (SSSR count). The van der Waals surface area contributed by atoms with Crippen LogP contribution in [0, 0.1) is 5.41 Å². The first-order chi connectivity index (χ1) is 7.53. The molecular formula is C13H21NO2. The van der Waals surface area contributed by atoms with E-state index in [2.05, 4.69) is 0 Å². The molecule has 0 fully saturated rings. The van der Waals surface area contributed by atoms with E-state index in [4.69, 9.17) is 10.5 Å². The predicted molar refractivity (Wildman–Crippen MR) is 65.0 cm³/mol. The maximum absolute atomic E-state index is 10.3. The van der Waals surface area contributed by atoms with Crippen LogP contribution in [0.25, 0.3) is 0 Å². The molecule has 1 aromatic rings. The zero-order valence-corrected chi connectivity index (χ0v) is 10.2. The number of nitrogens with two attached hydrogens (primary N) is 1. The highest BCUT2D eigenvalue weighted by atomic mass is 16.5. The van der Waals surface area contributed by atoms with Crippen molar-refractivity contribution in [1.82, 2.24) is 0 Å². The summed E-state index contributed by atoms with van der Waals surface area (Å²) in [6.07, 6.45) is -0.566. The highest BCUT2D eigenvalue weighted by molar-refractivity contribution is 5.29. The Kier molecular flexibility index (Phi) is 4.47. The molecule has 3 nitrogen and oxygen atoms in total. The Morgan fingerprint density at radius 3 is 2.56 bits per heavy atom. The minimum atomic E-state index is -0.566. The Morgan fingerprint density at radius 1 is 1.38 bits per heavy atom. The SMILES string of the molecule is COCc1ccccc1C(O)C(C)(C)CN. The second-order valence-electron chi connectivity index (χ2n) is 4.73. The van der Waals surface area contributed by atoms with E-state index in [-0.39, 0.29) is 5.41 Å². The molecule has 3 heteroatoms. The standard InChI is InChI=1S/C13H21NO2/c1-13(2,9-14)12(15)11-7-5-4-6-10(11)8-16-3/h4-7,12,15H,8-9,14H2,1-3H3. The zero-order valence-electron chi connectivity index (χ0n) is 10.2. The number of methoxy groups -OCH3 is 1. The van der Waals surface area contributed by atoms with E-state index in [9.17, 15) is 5.11 Å². The Hall–Kier alpha value is -0.900. The van der Waals surface area contributed by atoms with Crippen LogP contribution in [-0.2, 0) is 11.3 Å². The van der Waals surface area contributed by atoms with Crippen LogP contribution in [0.1, 0.15) is 31.1 Å². The highest BCUT2D eigenvalue weighted by Crippen LogP contribution is 2.34. The van der Waals surface area contributed by atoms with Gasteiger partial charge in [-0.3, -0.25) is 0 Å². The van der Waals surface area contributed by atoms with Crippen molar-refractivity contribution in [2.24, 2.45) is 11.1 Å². The van der Waals surface area contributed by atoms with Crippen molar-refractivity contribution in [3.8, 4) is 0 Å². The van der Waals surface area contributed by atoms with E-state index in [1.54, 1.807) is 7.11 Å². The average molecular weight is 223 g/mol. The lowest BCUT2D eigenvalue weighted by Gasteiger charge is -2.30. The Morgan fingerprint density at radius 2 is 2.00 bits per heavy atom. The van der Waals surface area contributed by atoms with E-state index >= 15 is 0 Å². The summed E-state index contributed by atoms with van der Waals surface area (Å²) in [6.45, 7) is 4.87. The molecule has 1 aromatic carbocycles. The molecule has 90 valence electrons. The summed E-state index contributed by atoms with van der Waals surface area (Å²) in [5, 5.41) is 10.3. The molecule has 1 atom stereocenters. The molecule has 0 amide bonds. The number of aliphatic hydroxyl groups is 1. The van der Waals surface area contributed by atoms with Gasteiger partial charge in [0.05, 0.1) is 12.7 Å². The molecule has 0 aliphatic carbocycles. The van der Waals surface area contributed by atoms with Gasteiger partial charge in [-0.25, -0.2) is 0 Å². The van der Waals surface area contributed by atoms with Gasteiger partial charge in [-0.2, -0.15) is 0 Å². The van der Waals surface area contributed by atoms with Gasteiger partial charge in [0.25, 0.3) is 0 Å². The van der Waals surface area contributed by atoms with Crippen LogP contribution in [0.3, 0.4) is 0 Å². The third-order valence-corrected chi connectivity index (χ3v) is 2.92. The topological polar surface area (TPSA) is 55.5 Å². The minimum absolute atomic E-state index is 0.330. The van der Waals surface area contributed by atoms with E-state index in [0.29, 0.717) is 13.2 Å². The van der Waals surface area contributed by atoms with Crippen LogP contribution < -0.4 is 5.73 Å². The van der Waals surface area contributed by atoms with E-state index in [0.717, 1.165) is 11.1 Å². The van der Waals surface area contributed by atoms with Gasteiger partial charge in [0.2, 0.25) is 0 Å². The van der Waals surface area contributed by atoms with Crippen molar-refractivity contribution in [3.05, 3.63) is 35.4 Å². The molecule has 1 unspecified atom stereocenters. The predicted octanol–water partition coefficient (Wildman–Crippen LogP) is 1.85. The third-order valence-electron chi connectivity index (χ3n) is 2.92. The molecule has 0 radical (unpaired) electrons. The number of ether oxygens (including phenoxy) is 1. The van der Waals surface area contributed by atoms with E-state index in [1.807, 2.05) is 38.1 Å². The number of hydrogen-bond donors (Lipinski definition) is 2. The number of benzene rings is 1. The summed E-state index contributed by atoms with van der Waals surface area (Å²) in [5.41, 5.74) is 7.26. The van der Waals surface area contributed by atoms with Crippen molar-refractivity contribution in [3.63, 3.8) is 0 Å². The Balaban J connectivity index is 3.02. The molecule has 0 saturated heterocycles. The van der Waals surface area contributed by atoms with Crippen LogP contribution in [0.15, 0.2) is 24.3 Å². The fourth-order valence-electron chi connectivity index (χ4n) is 1.62. The van der Waals surface area contributed by atoms with Gasteiger partial charge in [0.1, 0.15) is 0 Å². The highest BCUT2D eigenvalue weighted by Gasteiger charge is 2.28. The molecular weight excluding hydrogens is 202 g/mol. The van der Waals surface area contributed by atoms with Crippen molar-refractivity contribution in [2.75, 3.05) is 13.7 Å². The molecule has 0 spiro atoms. The van der Waals surface area contributed by atoms with Gasteiger partial charge in [0, 0.05) is 19.1 Å². The Bertz CT molecular complexity index is 336. The lowest BCUT2D eigenvalue weighted by atomic mass is 9.81. The molecule has 0 heterocycles. The summed E-state index contributed by atoms with van der Waals surface area (Å²) in [5.74, 6) is 0. The summed E-state index contributed by atoms with van der Waals surface area (Å²) >= 11 is 0. The van der Waals surface area contributed by atoms with Gasteiger partial charge in [-0.1, -0.05) is 38.1 Å². The van der Waals surface area contributed by atoms with Crippen molar-refractivity contribution >= 4 is 0 Å². The second-order valence-corrected chi connectivity index (χ2v) is 4.73. The quantitative estimate of drug-likeness (QED) is 0.801. The third kappa shape index (κ3) is 2.82. The first-order valence-electron chi connectivity index (χ1n) is 5.48. The molecule has 0 saturated carbocycles. The molecule has 16 heavy (non-hydrogen) atoms. The number of rotatable bonds is 5. The lowest BCUT2D eigenvalue weighted by Crippen LogP contribution is -2.31. The van der Waals surface area contributed by atoms with Crippen LogP contribution in [0.4, 0.5) is 0 Å². The van der Waals surface area contributed by atoms with E-state index in [1.165, 1.54) is 0 Å². The first kappa shape index (κ1) is 13.2. The van der Waals surface area contributed by atoms with Crippen molar-refractivity contribution in [2.45, 2.75) is 26.6 Å². The summed E-state index contributed by atoms with van der Waals surface area (Å²) < 4.78 is 5.12. The minimum Gasteiger partial charge on any atom is -0.388 e. The molecule has 0 aliphatic heterocycles. The van der Waals surface area contributed by atoms with Gasteiger partial charge < -0.3 is 15.6 Å². The smallest absolute Gasteiger partial charge is 0.0856 e. The summed E-state index contributed by atoms with van der Waals surface area (Å²) in [6, 6.07) is 7.76. The lowest BCUT2D eigenvalue weighted by molar-refractivity contribution is 0.0529.